The van der Waals surface area contributed by atoms with Crippen LogP contribution in [0.1, 0.15) is 44.4 Å². The van der Waals surface area contributed by atoms with Crippen LogP contribution in [0.25, 0.3) is 0 Å². The Balaban J connectivity index is 3.51. The topological polar surface area (TPSA) is 51.5 Å². The zero-order chi connectivity index (χ0) is 20.1. The second-order valence-corrected chi connectivity index (χ2v) is 6.59. The first kappa shape index (κ1) is 22.2. The van der Waals surface area contributed by atoms with Gasteiger partial charge in [-0.25, -0.2) is 4.79 Å². The molecule has 0 N–H and O–H groups in total. The first-order chi connectivity index (χ1) is 12.0. The summed E-state index contributed by atoms with van der Waals surface area (Å²) in [4.78, 5) is 26.5. The smallest absolute Gasteiger partial charge is 0.416 e. The molecule has 0 saturated heterocycles. The molecule has 5 nitrogen and oxygen atoms in total. The molecular weight excluding hydrogens is 349 g/mol. The number of esters is 1. The van der Waals surface area contributed by atoms with Crippen LogP contribution in [0.15, 0.2) is 17.1 Å². The van der Waals surface area contributed by atoms with Gasteiger partial charge in [0.15, 0.2) is 0 Å². The predicted molar refractivity (Wildman–Crippen MR) is 93.1 cm³/mol. The Morgan fingerprint density at radius 1 is 1.31 bits per heavy atom. The van der Waals surface area contributed by atoms with Crippen LogP contribution in [0.5, 0.6) is 0 Å². The molecule has 0 bridgehead atoms. The highest BCUT2D eigenvalue weighted by Gasteiger charge is 2.36. The van der Waals surface area contributed by atoms with Gasteiger partial charge >= 0.3 is 12.1 Å². The van der Waals surface area contributed by atoms with E-state index in [1.54, 1.807) is 32.8 Å². The summed E-state index contributed by atoms with van der Waals surface area (Å²) in [6.45, 7) is 5.77. The highest BCUT2D eigenvalue weighted by Crippen LogP contribution is 2.32. The first-order valence-corrected chi connectivity index (χ1v) is 8.66. The van der Waals surface area contributed by atoms with Crippen molar-refractivity contribution >= 4 is 5.97 Å². The van der Waals surface area contributed by atoms with Gasteiger partial charge in [-0.2, -0.15) is 13.2 Å². The van der Waals surface area contributed by atoms with Crippen molar-refractivity contribution in [2.24, 2.45) is 5.92 Å². The molecule has 26 heavy (non-hydrogen) atoms. The molecule has 1 heterocycles. The minimum absolute atomic E-state index is 0.0107. The summed E-state index contributed by atoms with van der Waals surface area (Å²) in [5, 5.41) is 0. The SMILES string of the molecule is CCOC(=O)C([C@H](C)CC)n1cc(CCN(C)C)c(C(F)(F)F)cc1=O. The molecule has 1 unspecified atom stereocenters. The van der Waals surface area contributed by atoms with Gasteiger partial charge in [0.1, 0.15) is 6.04 Å². The van der Waals surface area contributed by atoms with Gasteiger partial charge in [0.05, 0.1) is 12.2 Å². The summed E-state index contributed by atoms with van der Waals surface area (Å²) in [6.07, 6.45) is -2.78. The Bertz CT molecular complexity index is 669. The van der Waals surface area contributed by atoms with E-state index in [4.69, 9.17) is 4.74 Å². The van der Waals surface area contributed by atoms with Gasteiger partial charge in [-0.15, -0.1) is 0 Å². The van der Waals surface area contributed by atoms with Crippen molar-refractivity contribution in [1.82, 2.24) is 9.47 Å². The van der Waals surface area contributed by atoms with E-state index < -0.39 is 29.3 Å². The fourth-order valence-corrected chi connectivity index (χ4v) is 2.69. The summed E-state index contributed by atoms with van der Waals surface area (Å²) in [6, 6.07) is -0.368. The Morgan fingerprint density at radius 2 is 1.92 bits per heavy atom. The average Bonchev–Trinajstić information content (AvgIpc) is 2.53. The van der Waals surface area contributed by atoms with Crippen molar-refractivity contribution in [3.05, 3.63) is 33.7 Å². The largest absolute Gasteiger partial charge is 0.464 e. The maximum absolute atomic E-state index is 13.3. The molecule has 0 aromatic carbocycles. The van der Waals surface area contributed by atoms with Crippen molar-refractivity contribution < 1.29 is 22.7 Å². The van der Waals surface area contributed by atoms with Crippen LogP contribution >= 0.6 is 0 Å². The lowest BCUT2D eigenvalue weighted by Crippen LogP contribution is -2.36. The lowest BCUT2D eigenvalue weighted by atomic mass is 9.97. The van der Waals surface area contributed by atoms with Gasteiger partial charge in [-0.1, -0.05) is 20.3 Å². The fourth-order valence-electron chi connectivity index (χ4n) is 2.69. The van der Waals surface area contributed by atoms with Crippen molar-refractivity contribution in [2.75, 3.05) is 27.2 Å². The fraction of sp³-hybridized carbons (Fsp3) is 0.667. The number of carbonyl (C=O) groups is 1. The van der Waals surface area contributed by atoms with E-state index in [-0.39, 0.29) is 24.5 Å². The second kappa shape index (κ2) is 9.21. The first-order valence-electron chi connectivity index (χ1n) is 8.66. The van der Waals surface area contributed by atoms with E-state index in [0.29, 0.717) is 19.0 Å². The third kappa shape index (κ3) is 5.59. The number of alkyl halides is 3. The number of ether oxygens (including phenoxy) is 1. The van der Waals surface area contributed by atoms with Crippen LogP contribution in [-0.4, -0.2) is 42.7 Å². The van der Waals surface area contributed by atoms with Crippen molar-refractivity contribution in [3.8, 4) is 0 Å². The number of aromatic nitrogens is 1. The molecule has 1 aromatic heterocycles. The number of hydrogen-bond acceptors (Lipinski definition) is 4. The molecule has 0 spiro atoms. The Hall–Kier alpha value is -1.83. The highest BCUT2D eigenvalue weighted by molar-refractivity contribution is 5.74. The standard InChI is InChI=1S/C18H27F3N2O3/c1-6-12(3)16(17(25)26-7-2)23-11-13(8-9-22(4)5)14(10-15(23)24)18(19,20)21/h10-12,16H,6-9H2,1-5H3/t12-,16?/m1/s1. The number of hydrogen-bond donors (Lipinski definition) is 0. The summed E-state index contributed by atoms with van der Waals surface area (Å²) in [5.41, 5.74) is -1.82. The third-order valence-corrected chi connectivity index (χ3v) is 4.31. The van der Waals surface area contributed by atoms with E-state index in [9.17, 15) is 22.8 Å². The lowest BCUT2D eigenvalue weighted by Gasteiger charge is -2.25. The molecule has 2 atom stereocenters. The summed E-state index contributed by atoms with van der Waals surface area (Å²) in [7, 11) is 3.51. The number of likely N-dealkylation sites (N-methyl/N-ethyl adjacent to an activating group) is 1. The Kier molecular flexibility index (Phi) is 7.87. The van der Waals surface area contributed by atoms with Gasteiger partial charge in [-0.05, 0) is 38.9 Å². The van der Waals surface area contributed by atoms with Crippen molar-refractivity contribution in [2.45, 2.75) is 45.8 Å². The molecule has 0 amide bonds. The van der Waals surface area contributed by atoms with E-state index in [1.165, 1.54) is 6.20 Å². The van der Waals surface area contributed by atoms with Gasteiger partial charge < -0.3 is 14.2 Å². The minimum atomic E-state index is -4.63. The van der Waals surface area contributed by atoms with Gasteiger partial charge in [-0.3, -0.25) is 4.79 Å². The van der Waals surface area contributed by atoms with E-state index in [1.807, 2.05) is 6.92 Å². The number of pyridine rings is 1. The summed E-state index contributed by atoms with van der Waals surface area (Å²) in [5.74, 6) is -0.868. The van der Waals surface area contributed by atoms with Crippen molar-refractivity contribution in [1.29, 1.82) is 0 Å². The van der Waals surface area contributed by atoms with Crippen LogP contribution in [0.3, 0.4) is 0 Å². The Labute approximate surface area is 151 Å². The van der Waals surface area contributed by atoms with Gasteiger partial charge in [0.25, 0.3) is 5.56 Å². The second-order valence-electron chi connectivity index (χ2n) is 6.59. The van der Waals surface area contributed by atoms with Gasteiger partial charge in [0, 0.05) is 18.8 Å². The predicted octanol–water partition coefficient (Wildman–Crippen LogP) is 3.12. The van der Waals surface area contributed by atoms with Crippen LogP contribution in [-0.2, 0) is 22.1 Å². The normalized spacial score (nSPS) is 14.3. The molecule has 0 aliphatic heterocycles. The maximum Gasteiger partial charge on any atom is 0.416 e. The Morgan fingerprint density at radius 3 is 2.38 bits per heavy atom. The van der Waals surface area contributed by atoms with Crippen LogP contribution in [0, 0.1) is 5.92 Å². The molecule has 0 aliphatic carbocycles. The van der Waals surface area contributed by atoms with E-state index in [0.717, 1.165) is 4.57 Å². The van der Waals surface area contributed by atoms with Crippen LogP contribution < -0.4 is 5.56 Å². The van der Waals surface area contributed by atoms with Gasteiger partial charge in [0.2, 0.25) is 0 Å². The molecule has 0 fully saturated rings. The lowest BCUT2D eigenvalue weighted by molar-refractivity contribution is -0.149. The molecule has 8 heteroatoms. The molecule has 1 rings (SSSR count). The molecular formula is C18H27F3N2O3. The number of nitrogens with zero attached hydrogens (tertiary/aromatic N) is 2. The van der Waals surface area contributed by atoms with E-state index >= 15 is 0 Å². The quantitative estimate of drug-likeness (QED) is 0.654. The number of rotatable bonds is 8. The van der Waals surface area contributed by atoms with Crippen LogP contribution in [0.4, 0.5) is 13.2 Å². The van der Waals surface area contributed by atoms with E-state index in [2.05, 4.69) is 0 Å². The number of halogens is 3. The molecule has 0 saturated carbocycles. The molecule has 1 aromatic rings. The monoisotopic (exact) mass is 376 g/mol. The van der Waals surface area contributed by atoms with Crippen molar-refractivity contribution in [3.63, 3.8) is 0 Å². The van der Waals surface area contributed by atoms with Crippen LogP contribution in [0.2, 0.25) is 0 Å². The summed E-state index contributed by atoms with van der Waals surface area (Å²) >= 11 is 0. The average molecular weight is 376 g/mol. The highest BCUT2D eigenvalue weighted by atomic mass is 19.4. The third-order valence-electron chi connectivity index (χ3n) is 4.31. The minimum Gasteiger partial charge on any atom is -0.464 e. The summed E-state index contributed by atoms with van der Waals surface area (Å²) < 4.78 is 46.1. The zero-order valence-electron chi connectivity index (χ0n) is 15.9. The zero-order valence-corrected chi connectivity index (χ0v) is 15.9. The molecule has 0 aliphatic rings. The maximum atomic E-state index is 13.3. The molecule has 0 radical (unpaired) electrons. The number of carbonyl (C=O) groups excluding carboxylic acids is 1. The molecule has 148 valence electrons.